The smallest absolute Gasteiger partial charge is 0.253 e. The summed E-state index contributed by atoms with van der Waals surface area (Å²) >= 11 is 6.18. The standard InChI is InChI=1S/C25H30ClN3O3/c1-17(2)16-27-24(31)22(28-23(30)20-10-6-7-11-21(20)26)18-12-14-29(15-13-18)25(32)19-8-4-3-5-9-19/h3-11,17-18,22H,12-16H2,1-2H3,(H,27,31)(H,28,30)/t22-/m0/s1. The molecule has 0 unspecified atom stereocenters. The number of nitrogens with zero attached hydrogens (tertiary/aromatic N) is 1. The first-order valence-corrected chi connectivity index (χ1v) is 11.4. The van der Waals surface area contributed by atoms with E-state index in [9.17, 15) is 14.4 Å². The maximum absolute atomic E-state index is 13.0. The van der Waals surface area contributed by atoms with Crippen LogP contribution in [0.4, 0.5) is 0 Å². The van der Waals surface area contributed by atoms with E-state index in [1.54, 1.807) is 36.4 Å². The fraction of sp³-hybridized carbons (Fsp3) is 0.400. The molecule has 3 rings (SSSR count). The first kappa shape index (κ1) is 23.8. The first-order chi connectivity index (χ1) is 15.4. The number of piperidine rings is 1. The van der Waals surface area contributed by atoms with Gasteiger partial charge in [-0.1, -0.05) is 55.8 Å². The lowest BCUT2D eigenvalue weighted by Gasteiger charge is -2.36. The number of carbonyl (C=O) groups is 3. The van der Waals surface area contributed by atoms with Crippen LogP contribution in [0, 0.1) is 11.8 Å². The van der Waals surface area contributed by atoms with Gasteiger partial charge in [-0.3, -0.25) is 14.4 Å². The van der Waals surface area contributed by atoms with Gasteiger partial charge in [0, 0.05) is 25.2 Å². The highest BCUT2D eigenvalue weighted by molar-refractivity contribution is 6.33. The Balaban J connectivity index is 1.69. The van der Waals surface area contributed by atoms with Gasteiger partial charge in [0.25, 0.3) is 11.8 Å². The number of nitrogens with one attached hydrogen (secondary N) is 2. The van der Waals surface area contributed by atoms with Crippen LogP contribution in [-0.2, 0) is 4.79 Å². The van der Waals surface area contributed by atoms with Gasteiger partial charge < -0.3 is 15.5 Å². The Morgan fingerprint density at radius 1 is 1.00 bits per heavy atom. The highest BCUT2D eigenvalue weighted by atomic mass is 35.5. The van der Waals surface area contributed by atoms with Crippen molar-refractivity contribution in [1.82, 2.24) is 15.5 Å². The Morgan fingerprint density at radius 3 is 2.25 bits per heavy atom. The quantitative estimate of drug-likeness (QED) is 0.667. The van der Waals surface area contributed by atoms with Gasteiger partial charge in [0.1, 0.15) is 6.04 Å². The zero-order chi connectivity index (χ0) is 23.1. The predicted octanol–water partition coefficient (Wildman–Crippen LogP) is 3.76. The number of hydrogen-bond acceptors (Lipinski definition) is 3. The Kier molecular flexibility index (Phi) is 8.28. The van der Waals surface area contributed by atoms with Gasteiger partial charge in [-0.2, -0.15) is 0 Å². The fourth-order valence-electron chi connectivity index (χ4n) is 3.88. The summed E-state index contributed by atoms with van der Waals surface area (Å²) in [7, 11) is 0. The first-order valence-electron chi connectivity index (χ1n) is 11.0. The molecule has 0 saturated carbocycles. The van der Waals surface area contributed by atoms with E-state index in [-0.39, 0.29) is 23.6 Å². The Labute approximate surface area is 194 Å². The number of halogens is 1. The van der Waals surface area contributed by atoms with Gasteiger partial charge in [-0.05, 0) is 48.9 Å². The van der Waals surface area contributed by atoms with E-state index in [1.165, 1.54) is 0 Å². The minimum Gasteiger partial charge on any atom is -0.354 e. The average Bonchev–Trinajstić information content (AvgIpc) is 2.81. The van der Waals surface area contributed by atoms with Crippen LogP contribution < -0.4 is 10.6 Å². The zero-order valence-electron chi connectivity index (χ0n) is 18.5. The number of carbonyl (C=O) groups excluding carboxylic acids is 3. The van der Waals surface area contributed by atoms with Crippen molar-refractivity contribution in [2.24, 2.45) is 11.8 Å². The Hall–Kier alpha value is -2.86. The molecule has 1 aliphatic heterocycles. The van der Waals surface area contributed by atoms with E-state index >= 15 is 0 Å². The van der Waals surface area contributed by atoms with Gasteiger partial charge in [-0.25, -0.2) is 0 Å². The number of likely N-dealkylation sites (tertiary alicyclic amines) is 1. The summed E-state index contributed by atoms with van der Waals surface area (Å²) in [6.07, 6.45) is 1.25. The van der Waals surface area contributed by atoms with Crippen molar-refractivity contribution >= 4 is 29.3 Å². The monoisotopic (exact) mass is 455 g/mol. The zero-order valence-corrected chi connectivity index (χ0v) is 19.3. The van der Waals surface area contributed by atoms with Gasteiger partial charge in [0.05, 0.1) is 10.6 Å². The van der Waals surface area contributed by atoms with Crippen LogP contribution in [0.2, 0.25) is 5.02 Å². The van der Waals surface area contributed by atoms with Crippen LogP contribution >= 0.6 is 11.6 Å². The summed E-state index contributed by atoms with van der Waals surface area (Å²) in [5.74, 6) is -0.363. The molecule has 170 valence electrons. The van der Waals surface area contributed by atoms with Crippen LogP contribution in [0.25, 0.3) is 0 Å². The van der Waals surface area contributed by atoms with Crippen LogP contribution in [0.15, 0.2) is 54.6 Å². The van der Waals surface area contributed by atoms with E-state index < -0.39 is 6.04 Å². The molecular formula is C25H30ClN3O3. The molecule has 2 N–H and O–H groups in total. The fourth-order valence-corrected chi connectivity index (χ4v) is 4.10. The molecule has 1 atom stereocenters. The van der Waals surface area contributed by atoms with E-state index in [0.717, 1.165) is 0 Å². The van der Waals surface area contributed by atoms with E-state index in [0.29, 0.717) is 54.5 Å². The molecule has 2 aromatic carbocycles. The lowest BCUT2D eigenvalue weighted by Crippen LogP contribution is -2.54. The van der Waals surface area contributed by atoms with Crippen molar-refractivity contribution in [1.29, 1.82) is 0 Å². The van der Waals surface area contributed by atoms with Crippen LogP contribution in [0.3, 0.4) is 0 Å². The molecule has 2 aromatic rings. The maximum atomic E-state index is 13.0. The lowest BCUT2D eigenvalue weighted by molar-refractivity contribution is -0.124. The highest BCUT2D eigenvalue weighted by Crippen LogP contribution is 2.24. The topological polar surface area (TPSA) is 78.5 Å². The summed E-state index contributed by atoms with van der Waals surface area (Å²) in [4.78, 5) is 40.4. The third-order valence-electron chi connectivity index (χ3n) is 5.69. The average molecular weight is 456 g/mol. The van der Waals surface area contributed by atoms with Crippen LogP contribution in [-0.4, -0.2) is 48.3 Å². The number of benzene rings is 2. The minimum absolute atomic E-state index is 0.00929. The molecule has 0 radical (unpaired) electrons. The molecule has 0 aliphatic carbocycles. The minimum atomic E-state index is -0.688. The van der Waals surface area contributed by atoms with Crippen molar-refractivity contribution in [3.63, 3.8) is 0 Å². The molecule has 1 heterocycles. The molecular weight excluding hydrogens is 426 g/mol. The second-order valence-corrected chi connectivity index (χ2v) is 8.97. The molecule has 1 fully saturated rings. The van der Waals surface area contributed by atoms with Crippen molar-refractivity contribution in [2.45, 2.75) is 32.7 Å². The summed E-state index contributed by atoms with van der Waals surface area (Å²) in [6.45, 7) is 5.64. The third kappa shape index (κ3) is 6.10. The number of rotatable bonds is 7. The van der Waals surface area contributed by atoms with Gasteiger partial charge in [0.15, 0.2) is 0 Å². The van der Waals surface area contributed by atoms with Crippen molar-refractivity contribution < 1.29 is 14.4 Å². The lowest BCUT2D eigenvalue weighted by atomic mass is 9.88. The van der Waals surface area contributed by atoms with Gasteiger partial charge in [-0.15, -0.1) is 0 Å². The summed E-state index contributed by atoms with van der Waals surface area (Å²) in [5.41, 5.74) is 0.997. The third-order valence-corrected chi connectivity index (χ3v) is 6.02. The largest absolute Gasteiger partial charge is 0.354 e. The molecule has 7 heteroatoms. The molecule has 1 saturated heterocycles. The SMILES string of the molecule is CC(C)CNC(=O)[C@@H](NC(=O)c1ccccc1Cl)C1CCN(C(=O)c2ccccc2)CC1. The van der Waals surface area contributed by atoms with E-state index in [1.807, 2.05) is 36.9 Å². The Bertz CT molecular complexity index is 940. The maximum Gasteiger partial charge on any atom is 0.253 e. The second-order valence-electron chi connectivity index (χ2n) is 8.57. The van der Waals surface area contributed by atoms with E-state index in [4.69, 9.17) is 11.6 Å². The van der Waals surface area contributed by atoms with E-state index in [2.05, 4.69) is 10.6 Å². The van der Waals surface area contributed by atoms with Crippen molar-refractivity contribution in [2.75, 3.05) is 19.6 Å². The Morgan fingerprint density at radius 2 is 1.62 bits per heavy atom. The highest BCUT2D eigenvalue weighted by Gasteiger charge is 2.34. The van der Waals surface area contributed by atoms with Gasteiger partial charge >= 0.3 is 0 Å². The van der Waals surface area contributed by atoms with Gasteiger partial charge in [0.2, 0.25) is 5.91 Å². The summed E-state index contributed by atoms with van der Waals surface area (Å²) in [6, 6.07) is 15.3. The number of amides is 3. The number of hydrogen-bond donors (Lipinski definition) is 2. The summed E-state index contributed by atoms with van der Waals surface area (Å²) < 4.78 is 0. The molecule has 0 aromatic heterocycles. The molecule has 0 spiro atoms. The predicted molar refractivity (Wildman–Crippen MR) is 126 cm³/mol. The second kappa shape index (κ2) is 11.1. The molecule has 32 heavy (non-hydrogen) atoms. The molecule has 6 nitrogen and oxygen atoms in total. The van der Waals surface area contributed by atoms with Crippen LogP contribution in [0.1, 0.15) is 47.4 Å². The molecule has 0 bridgehead atoms. The normalized spacial score (nSPS) is 15.3. The van der Waals surface area contributed by atoms with Crippen molar-refractivity contribution in [3.05, 3.63) is 70.7 Å². The van der Waals surface area contributed by atoms with Crippen molar-refractivity contribution in [3.8, 4) is 0 Å². The summed E-state index contributed by atoms with van der Waals surface area (Å²) in [5, 5.41) is 6.19. The van der Waals surface area contributed by atoms with Crippen LogP contribution in [0.5, 0.6) is 0 Å². The molecule has 1 aliphatic rings. The molecule has 3 amide bonds.